The highest BCUT2D eigenvalue weighted by atomic mass is 32.2. The smallest absolute Gasteiger partial charge is 0.383 e. The fourth-order valence-corrected chi connectivity index (χ4v) is 6.67. The highest BCUT2D eigenvalue weighted by molar-refractivity contribution is 7.98. The number of piperidine rings is 1. The van der Waals surface area contributed by atoms with Crippen LogP contribution < -0.4 is 5.43 Å². The fraction of sp³-hybridized carbons (Fsp3) is 0.317. The lowest BCUT2D eigenvalue weighted by Gasteiger charge is -2.39. The first-order valence-electron chi connectivity index (χ1n) is 21.5. The average molecular weight is 760 g/mol. The van der Waals surface area contributed by atoms with E-state index in [1.165, 1.54) is 50.4 Å². The van der Waals surface area contributed by atoms with Crippen LogP contribution >= 0.6 is 11.8 Å². The molecule has 1 amide bonds. The second-order valence-corrected chi connectivity index (χ2v) is 13.1. The molecule has 2 heterocycles. The molecule has 6 rings (SSSR count). The molecule has 0 bridgehead atoms. The number of hydrogen-bond donors (Lipinski definition) is 0. The second-order valence-electron chi connectivity index (χ2n) is 12.3. The predicted molar refractivity (Wildman–Crippen MR) is 198 cm³/mol. The van der Waals surface area contributed by atoms with Gasteiger partial charge in [-0.15, -0.1) is 11.8 Å². The van der Waals surface area contributed by atoms with Crippen LogP contribution in [0.1, 0.15) is 48.8 Å². The van der Waals surface area contributed by atoms with Crippen LogP contribution in [0.5, 0.6) is 0 Å². The van der Waals surface area contributed by atoms with Crippen molar-refractivity contribution in [3.8, 4) is 11.1 Å². The normalized spacial score (nSPS) is 17.7. The third kappa shape index (κ3) is 9.17. The number of hydrogen-bond acceptors (Lipinski definition) is 5. The molecule has 0 aliphatic carbocycles. The Morgan fingerprint density at radius 1 is 1.00 bits per heavy atom. The number of aromatic nitrogens is 1. The molecule has 1 aromatic heterocycles. The molecule has 0 N–H and O–H groups in total. The Labute approximate surface area is 323 Å². The summed E-state index contributed by atoms with van der Waals surface area (Å²) in [7, 11) is 1.21. The van der Waals surface area contributed by atoms with Crippen molar-refractivity contribution in [3.05, 3.63) is 135 Å². The van der Waals surface area contributed by atoms with Gasteiger partial charge in [0.1, 0.15) is 6.54 Å². The number of carbonyl (C=O) groups is 1. The van der Waals surface area contributed by atoms with Gasteiger partial charge in [0.05, 0.1) is 33.6 Å². The van der Waals surface area contributed by atoms with Crippen LogP contribution in [0.4, 0.5) is 22.0 Å². The lowest BCUT2D eigenvalue weighted by molar-refractivity contribution is -0.137. The molecular formula is C41H40F5N3O3S. The van der Waals surface area contributed by atoms with Crippen molar-refractivity contribution >= 4 is 28.6 Å². The Morgan fingerprint density at radius 3 is 2.34 bits per heavy atom. The van der Waals surface area contributed by atoms with Crippen molar-refractivity contribution in [3.63, 3.8) is 0 Å². The SMILES string of the molecule is [2H]c1c(C)c([2H])c2c(=O)c([2H])c(SC([2H])([2H])c3cccc(F)c3F)n(CC(=O)N(C3CCN(CC([2H])([2H])OC)CC3)C([2H])([2H])c3ccc(-c4ccc(C(F)(F)F)cc4)cc3)c2c1[2H]. The average Bonchev–Trinajstić information content (AvgIpc) is 3.23. The third-order valence-electron chi connectivity index (χ3n) is 8.69. The molecule has 0 spiro atoms. The summed E-state index contributed by atoms with van der Waals surface area (Å²) in [5.74, 6) is -4.01. The van der Waals surface area contributed by atoms with Crippen molar-refractivity contribution in [1.29, 1.82) is 0 Å². The van der Waals surface area contributed by atoms with E-state index in [1.807, 2.05) is 0 Å². The molecule has 1 saturated heterocycles. The molecule has 5 aromatic rings. The van der Waals surface area contributed by atoms with Crippen LogP contribution in [0.15, 0.2) is 101 Å². The minimum atomic E-state index is -4.57. The van der Waals surface area contributed by atoms with E-state index in [0.29, 0.717) is 11.1 Å². The number of benzene rings is 4. The van der Waals surface area contributed by atoms with Crippen LogP contribution in [0, 0.1) is 18.6 Å². The molecule has 12 heteroatoms. The molecule has 1 aliphatic rings. The van der Waals surface area contributed by atoms with Crippen molar-refractivity contribution in [1.82, 2.24) is 14.4 Å². The number of pyridine rings is 1. The zero-order valence-electron chi connectivity index (χ0n) is 38.5. The molecule has 4 aromatic carbocycles. The Kier molecular flexibility index (Phi) is 8.52. The van der Waals surface area contributed by atoms with Gasteiger partial charge in [-0.2, -0.15) is 13.2 Å². The zero-order valence-corrected chi connectivity index (χ0v) is 29.4. The minimum absolute atomic E-state index is 0.0466. The van der Waals surface area contributed by atoms with Gasteiger partial charge < -0.3 is 19.1 Å². The number of ether oxygens (including phenoxy) is 1. The molecule has 6 nitrogen and oxygen atoms in total. The molecule has 0 radical (unpaired) electrons. The van der Waals surface area contributed by atoms with E-state index in [4.69, 9.17) is 15.7 Å². The second kappa shape index (κ2) is 16.7. The van der Waals surface area contributed by atoms with Crippen molar-refractivity contribution in [2.45, 2.75) is 55.8 Å². The summed E-state index contributed by atoms with van der Waals surface area (Å²) < 4.78 is 163. The summed E-state index contributed by atoms with van der Waals surface area (Å²) in [6, 6.07) is 8.99. The molecule has 53 heavy (non-hydrogen) atoms. The van der Waals surface area contributed by atoms with Crippen LogP contribution in [0.2, 0.25) is 0 Å². The molecule has 1 fully saturated rings. The summed E-state index contributed by atoms with van der Waals surface area (Å²) in [6.07, 6.45) is -4.39. The molecule has 0 atom stereocenters. The number of fused-ring (bicyclic) bond motifs is 1. The quantitative estimate of drug-likeness (QED) is 0.0942. The van der Waals surface area contributed by atoms with E-state index in [2.05, 4.69) is 0 Å². The lowest BCUT2D eigenvalue weighted by Crippen LogP contribution is -2.48. The van der Waals surface area contributed by atoms with Crippen molar-refractivity contribution < 1.29 is 45.2 Å². The van der Waals surface area contributed by atoms with Crippen LogP contribution in [-0.4, -0.2) is 59.6 Å². The van der Waals surface area contributed by atoms with Crippen LogP contribution in [0.3, 0.4) is 0 Å². The molecule has 0 unspecified atom stereocenters. The van der Waals surface area contributed by atoms with E-state index in [9.17, 15) is 25.1 Å². The zero-order chi connectivity index (χ0) is 46.6. The number of methoxy groups -OCH3 is 1. The van der Waals surface area contributed by atoms with Gasteiger partial charge in [0.25, 0.3) is 0 Å². The topological polar surface area (TPSA) is 54.8 Å². The number of amides is 1. The van der Waals surface area contributed by atoms with Gasteiger partial charge in [0.2, 0.25) is 5.91 Å². The summed E-state index contributed by atoms with van der Waals surface area (Å²) in [5, 5.41) is -1.22. The number of nitrogens with zero attached hydrogens (tertiary/aromatic N) is 3. The van der Waals surface area contributed by atoms with E-state index in [-0.39, 0.29) is 55.4 Å². The first-order valence-corrected chi connectivity index (χ1v) is 17.3. The van der Waals surface area contributed by atoms with Gasteiger partial charge in [-0.1, -0.05) is 60.1 Å². The van der Waals surface area contributed by atoms with Crippen LogP contribution in [-0.2, 0) is 34.5 Å². The minimum Gasteiger partial charge on any atom is -0.383 e. The Bertz CT molecular complexity index is 2610. The highest BCUT2D eigenvalue weighted by Crippen LogP contribution is 2.32. The maximum absolute atomic E-state index is 15.1. The van der Waals surface area contributed by atoms with E-state index >= 15 is 9.18 Å². The third-order valence-corrected chi connectivity index (χ3v) is 9.52. The van der Waals surface area contributed by atoms with E-state index in [0.717, 1.165) is 39.8 Å². The summed E-state index contributed by atoms with van der Waals surface area (Å²) in [5.41, 5.74) is -5.72. The lowest BCUT2D eigenvalue weighted by atomic mass is 10.00. The highest BCUT2D eigenvalue weighted by Gasteiger charge is 2.31. The fourth-order valence-electron chi connectivity index (χ4n) is 5.89. The first kappa shape index (κ1) is 27.1. The van der Waals surface area contributed by atoms with Gasteiger partial charge in [-0.05, 0) is 66.7 Å². The van der Waals surface area contributed by atoms with Gasteiger partial charge in [0, 0.05) is 64.7 Å². The summed E-state index contributed by atoms with van der Waals surface area (Å²) in [6.45, 7) is -4.26. The van der Waals surface area contributed by atoms with E-state index < -0.39 is 112 Å². The van der Waals surface area contributed by atoms with Gasteiger partial charge in [-0.3, -0.25) is 9.59 Å². The summed E-state index contributed by atoms with van der Waals surface area (Å²) in [4.78, 5) is 31.5. The molecule has 278 valence electrons. The number of carbonyl (C=O) groups excluding carboxylic acids is 1. The predicted octanol–water partition coefficient (Wildman–Crippen LogP) is 8.71. The first-order chi connectivity index (χ1) is 29.3. The summed E-state index contributed by atoms with van der Waals surface area (Å²) >= 11 is 0.0466. The Morgan fingerprint density at radius 2 is 1.68 bits per heavy atom. The Balaban J connectivity index is 1.49. The Hall–Kier alpha value is -4.52. The molecule has 0 saturated carbocycles. The van der Waals surface area contributed by atoms with Gasteiger partial charge in [0.15, 0.2) is 17.1 Å². The number of rotatable bonds is 12. The largest absolute Gasteiger partial charge is 0.416 e. The van der Waals surface area contributed by atoms with Crippen LogP contribution in [0.25, 0.3) is 22.0 Å². The van der Waals surface area contributed by atoms with E-state index in [1.54, 1.807) is 4.90 Å². The molecule has 1 aliphatic heterocycles. The number of alkyl halides is 3. The standard InChI is InChI=1S/C41H40F5N3O3S/c1-27-6-15-36-34(22-27)37(50)23-39(53-26-31-4-3-5-35(42)40(31)43)49(36)25-38(51)48(33-16-18-47(19-17-33)20-21-52-2)24-28-7-9-29(10-8-28)30-11-13-32(14-12-30)41(44,45)46/h3-15,22-23,33H,16-21,24-26H2,1-2H3/i6D,15D,21D2,22D,23D,24D2,26D2. The maximum atomic E-state index is 15.1. The molecular weight excluding hydrogens is 710 g/mol. The number of likely N-dealkylation sites (tertiary alicyclic amines) is 1. The number of halogens is 5. The van der Waals surface area contributed by atoms with Gasteiger partial charge >= 0.3 is 6.18 Å². The monoisotopic (exact) mass is 759 g/mol. The van der Waals surface area contributed by atoms with Crippen molar-refractivity contribution in [2.24, 2.45) is 0 Å². The van der Waals surface area contributed by atoms with Crippen molar-refractivity contribution in [2.75, 3.05) is 33.3 Å². The number of thioether (sulfide) groups is 1. The maximum Gasteiger partial charge on any atom is 0.416 e. The van der Waals surface area contributed by atoms with Gasteiger partial charge in [-0.25, -0.2) is 8.78 Å².